The van der Waals surface area contributed by atoms with Gasteiger partial charge in [-0.2, -0.15) is 0 Å². The van der Waals surface area contributed by atoms with E-state index in [0.29, 0.717) is 13.2 Å². The van der Waals surface area contributed by atoms with Gasteiger partial charge in [0.1, 0.15) is 4.90 Å². The number of sulfonamides is 1. The number of halogens is 2. The Labute approximate surface area is 192 Å². The van der Waals surface area contributed by atoms with Gasteiger partial charge in [-0.05, 0) is 36.8 Å². The van der Waals surface area contributed by atoms with Gasteiger partial charge in [-0.15, -0.1) is 0 Å². The van der Waals surface area contributed by atoms with Crippen molar-refractivity contribution in [2.45, 2.75) is 17.9 Å². The van der Waals surface area contributed by atoms with Crippen LogP contribution in [0.25, 0.3) is 0 Å². The van der Waals surface area contributed by atoms with Gasteiger partial charge in [-0.3, -0.25) is 4.79 Å². The lowest BCUT2D eigenvalue weighted by Gasteiger charge is -2.29. The zero-order valence-electron chi connectivity index (χ0n) is 17.6. The van der Waals surface area contributed by atoms with Crippen molar-refractivity contribution in [2.75, 3.05) is 45.3 Å². The minimum absolute atomic E-state index is 0.0398. The van der Waals surface area contributed by atoms with Crippen LogP contribution in [0.15, 0.2) is 41.3 Å². The van der Waals surface area contributed by atoms with Crippen molar-refractivity contribution in [3.63, 3.8) is 0 Å². The number of rotatable bonds is 6. The Morgan fingerprint density at radius 1 is 1.10 bits per heavy atom. The molecule has 0 spiro atoms. The molecule has 1 heterocycles. The molecule has 1 fully saturated rings. The molecule has 168 valence electrons. The summed E-state index contributed by atoms with van der Waals surface area (Å²) in [5.74, 6) is -0.485. The molecule has 1 aliphatic rings. The smallest absolute Gasteiger partial charge is 0.253 e. The van der Waals surface area contributed by atoms with Crippen molar-refractivity contribution in [3.8, 4) is 0 Å². The first-order valence-electron chi connectivity index (χ1n) is 9.76. The molecule has 1 amide bonds. The first-order valence-corrected chi connectivity index (χ1v) is 12.0. The van der Waals surface area contributed by atoms with E-state index >= 15 is 0 Å². The molecule has 10 heteroatoms. The largest absolute Gasteiger partial charge is 0.378 e. The van der Waals surface area contributed by atoms with Crippen LogP contribution in [-0.4, -0.2) is 59.0 Å². The second-order valence-electron chi connectivity index (χ2n) is 7.44. The predicted molar refractivity (Wildman–Crippen MR) is 123 cm³/mol. The van der Waals surface area contributed by atoms with Gasteiger partial charge in [0.15, 0.2) is 0 Å². The number of benzene rings is 2. The molecular weight excluding hydrogens is 461 g/mol. The molecule has 0 radical (unpaired) electrons. The Bertz CT molecular complexity index is 1050. The predicted octanol–water partition coefficient (Wildman–Crippen LogP) is 3.57. The van der Waals surface area contributed by atoms with E-state index in [0.717, 1.165) is 28.6 Å². The van der Waals surface area contributed by atoms with E-state index in [1.165, 1.54) is 26.2 Å². The maximum Gasteiger partial charge on any atom is 0.253 e. The van der Waals surface area contributed by atoms with Gasteiger partial charge in [-0.25, -0.2) is 12.7 Å². The third-order valence-electron chi connectivity index (χ3n) is 5.14. The van der Waals surface area contributed by atoms with Crippen molar-refractivity contribution in [3.05, 3.63) is 57.6 Å². The summed E-state index contributed by atoms with van der Waals surface area (Å²) in [5.41, 5.74) is 2.06. The molecule has 1 saturated heterocycles. The standard InChI is InChI=1S/C21H25Cl2N3O4S/c1-14(15-4-6-16(7-5-15)26-8-10-30-11-9-26)24-21(27)17-12-20(19(23)13-18(17)22)31(28,29)25(2)3/h4-7,12-14H,8-11H2,1-3H3,(H,24,27). The van der Waals surface area contributed by atoms with Gasteiger partial charge >= 0.3 is 0 Å². The van der Waals surface area contributed by atoms with Crippen LogP contribution >= 0.6 is 23.2 Å². The van der Waals surface area contributed by atoms with Crippen LogP contribution < -0.4 is 10.2 Å². The first kappa shape index (κ1) is 23.8. The summed E-state index contributed by atoms with van der Waals surface area (Å²) >= 11 is 12.3. The third-order valence-corrected chi connectivity index (χ3v) is 7.73. The number of carbonyl (C=O) groups is 1. The maximum absolute atomic E-state index is 12.9. The topological polar surface area (TPSA) is 79.0 Å². The number of hydrogen-bond donors (Lipinski definition) is 1. The molecule has 31 heavy (non-hydrogen) atoms. The number of carbonyl (C=O) groups excluding carboxylic acids is 1. The fourth-order valence-corrected chi connectivity index (χ4v) is 4.98. The molecule has 0 saturated carbocycles. The summed E-state index contributed by atoms with van der Waals surface area (Å²) in [6, 6.07) is 10.1. The number of ether oxygens (including phenoxy) is 1. The normalized spacial score (nSPS) is 15.7. The number of amides is 1. The van der Waals surface area contributed by atoms with Crippen LogP contribution in [0.1, 0.15) is 28.9 Å². The van der Waals surface area contributed by atoms with Crippen LogP contribution in [-0.2, 0) is 14.8 Å². The lowest BCUT2D eigenvalue weighted by Crippen LogP contribution is -2.36. The monoisotopic (exact) mass is 485 g/mol. The molecule has 7 nitrogen and oxygen atoms in total. The van der Waals surface area contributed by atoms with E-state index in [1.54, 1.807) is 0 Å². The molecule has 3 rings (SSSR count). The summed E-state index contributed by atoms with van der Waals surface area (Å²) in [7, 11) is -1.04. The van der Waals surface area contributed by atoms with E-state index < -0.39 is 15.9 Å². The quantitative estimate of drug-likeness (QED) is 0.676. The molecule has 1 unspecified atom stereocenters. The lowest BCUT2D eigenvalue weighted by molar-refractivity contribution is 0.0940. The van der Waals surface area contributed by atoms with Gasteiger partial charge in [0.2, 0.25) is 10.0 Å². The minimum Gasteiger partial charge on any atom is -0.378 e. The molecule has 0 aliphatic carbocycles. The Balaban J connectivity index is 1.78. The maximum atomic E-state index is 12.9. The summed E-state index contributed by atoms with van der Waals surface area (Å²) < 4.78 is 31.4. The minimum atomic E-state index is -3.83. The SMILES string of the molecule is CC(NC(=O)c1cc(S(=O)(=O)N(C)C)c(Cl)cc1Cl)c1ccc(N2CCOCC2)cc1. The molecule has 2 aromatic rings. The van der Waals surface area contributed by atoms with E-state index in [1.807, 2.05) is 31.2 Å². The average molecular weight is 486 g/mol. The van der Waals surface area contributed by atoms with Crippen LogP contribution in [0, 0.1) is 0 Å². The van der Waals surface area contributed by atoms with Crippen molar-refractivity contribution < 1.29 is 17.9 Å². The fourth-order valence-electron chi connectivity index (χ4n) is 3.25. The number of morpholine rings is 1. The number of anilines is 1. The van der Waals surface area contributed by atoms with Gasteiger partial charge in [-0.1, -0.05) is 35.3 Å². The van der Waals surface area contributed by atoms with E-state index in [9.17, 15) is 13.2 Å². The molecular formula is C21H25Cl2N3O4S. The Morgan fingerprint density at radius 2 is 1.71 bits per heavy atom. The summed E-state index contributed by atoms with van der Waals surface area (Å²) in [6.07, 6.45) is 0. The zero-order chi connectivity index (χ0) is 22.8. The average Bonchev–Trinajstić information content (AvgIpc) is 2.74. The van der Waals surface area contributed by atoms with Crippen LogP contribution in [0.3, 0.4) is 0 Å². The molecule has 0 aromatic heterocycles. The van der Waals surface area contributed by atoms with Gasteiger partial charge in [0, 0.05) is 32.9 Å². The molecule has 1 N–H and O–H groups in total. The third kappa shape index (κ3) is 5.32. The highest BCUT2D eigenvalue weighted by atomic mass is 35.5. The van der Waals surface area contributed by atoms with Crippen molar-refractivity contribution >= 4 is 44.8 Å². The fraction of sp³-hybridized carbons (Fsp3) is 0.381. The molecule has 2 aromatic carbocycles. The number of nitrogens with zero attached hydrogens (tertiary/aromatic N) is 2. The van der Waals surface area contributed by atoms with Crippen LogP contribution in [0.2, 0.25) is 10.0 Å². The van der Waals surface area contributed by atoms with Crippen molar-refractivity contribution in [1.29, 1.82) is 0 Å². The van der Waals surface area contributed by atoms with E-state index in [2.05, 4.69) is 10.2 Å². The first-order chi connectivity index (χ1) is 14.6. The van der Waals surface area contributed by atoms with Gasteiger partial charge in [0.05, 0.1) is 34.9 Å². The lowest BCUT2D eigenvalue weighted by atomic mass is 10.1. The van der Waals surface area contributed by atoms with Gasteiger partial charge < -0.3 is 15.0 Å². The molecule has 1 atom stereocenters. The Hall–Kier alpha value is -1.84. The zero-order valence-corrected chi connectivity index (χ0v) is 19.9. The van der Waals surface area contributed by atoms with E-state index in [4.69, 9.17) is 27.9 Å². The summed E-state index contributed by atoms with van der Waals surface area (Å²) in [5, 5.41) is 2.91. The van der Waals surface area contributed by atoms with Crippen LogP contribution in [0.4, 0.5) is 5.69 Å². The highest BCUT2D eigenvalue weighted by Gasteiger charge is 2.25. The number of nitrogens with one attached hydrogen (secondary N) is 1. The molecule has 1 aliphatic heterocycles. The van der Waals surface area contributed by atoms with Gasteiger partial charge in [0.25, 0.3) is 5.91 Å². The second kappa shape index (κ2) is 9.75. The summed E-state index contributed by atoms with van der Waals surface area (Å²) in [4.78, 5) is 14.9. The van der Waals surface area contributed by atoms with Crippen molar-refractivity contribution in [2.24, 2.45) is 0 Å². The number of hydrogen-bond acceptors (Lipinski definition) is 5. The van der Waals surface area contributed by atoms with E-state index in [-0.39, 0.29) is 26.5 Å². The highest BCUT2D eigenvalue weighted by Crippen LogP contribution is 2.30. The summed E-state index contributed by atoms with van der Waals surface area (Å²) in [6.45, 7) is 4.96. The highest BCUT2D eigenvalue weighted by molar-refractivity contribution is 7.89. The Kier molecular flexibility index (Phi) is 7.49. The Morgan fingerprint density at radius 3 is 2.29 bits per heavy atom. The van der Waals surface area contributed by atoms with Crippen molar-refractivity contribution in [1.82, 2.24) is 9.62 Å². The second-order valence-corrected chi connectivity index (χ2v) is 10.4. The van der Waals surface area contributed by atoms with Crippen LogP contribution in [0.5, 0.6) is 0 Å². The molecule has 0 bridgehead atoms.